The van der Waals surface area contributed by atoms with Crippen LogP contribution in [-0.4, -0.2) is 0 Å². The third kappa shape index (κ3) is 4.55. The van der Waals surface area contributed by atoms with Crippen LogP contribution in [0.25, 0.3) is 11.1 Å². The molecule has 2 aromatic carbocycles. The molecule has 164 valence electrons. The van der Waals surface area contributed by atoms with Gasteiger partial charge in [-0.2, -0.15) is 0 Å². The summed E-state index contributed by atoms with van der Waals surface area (Å²) in [5.74, 6) is -5.84. The van der Waals surface area contributed by atoms with E-state index < -0.39 is 40.2 Å². The van der Waals surface area contributed by atoms with Gasteiger partial charge >= 0.3 is 0 Å². The van der Waals surface area contributed by atoms with Crippen LogP contribution < -0.4 is 0 Å². The van der Waals surface area contributed by atoms with Crippen LogP contribution in [0.2, 0.25) is 0 Å². The van der Waals surface area contributed by atoms with Crippen LogP contribution in [0.5, 0.6) is 0 Å². The standard InChI is InChI=1S/C25H29F5/c1-3-5-6-7-15-8-10-17(11-9-15)19-14-20(26)21(25(30)24(19)29)18-13-12-16(4-2)22(27)23(18)28/h12-15,17H,3-11H2,1-2H3. The van der Waals surface area contributed by atoms with Crippen LogP contribution in [-0.2, 0) is 6.42 Å². The highest BCUT2D eigenvalue weighted by molar-refractivity contribution is 5.67. The molecule has 0 aliphatic heterocycles. The summed E-state index contributed by atoms with van der Waals surface area (Å²) in [5.41, 5.74) is -1.33. The highest BCUT2D eigenvalue weighted by Crippen LogP contribution is 2.41. The zero-order valence-corrected chi connectivity index (χ0v) is 17.6. The van der Waals surface area contributed by atoms with Gasteiger partial charge in [0.2, 0.25) is 0 Å². The van der Waals surface area contributed by atoms with E-state index >= 15 is 0 Å². The molecule has 1 aliphatic carbocycles. The Kier molecular flexibility index (Phi) is 7.54. The molecule has 0 atom stereocenters. The van der Waals surface area contributed by atoms with Gasteiger partial charge in [0.15, 0.2) is 23.3 Å². The van der Waals surface area contributed by atoms with Gasteiger partial charge in [0.25, 0.3) is 0 Å². The van der Waals surface area contributed by atoms with Gasteiger partial charge in [0.05, 0.1) is 5.56 Å². The summed E-state index contributed by atoms with van der Waals surface area (Å²) in [6.07, 6.45) is 8.11. The molecule has 5 heteroatoms. The summed E-state index contributed by atoms with van der Waals surface area (Å²) in [5, 5.41) is 0. The smallest absolute Gasteiger partial charge is 0.169 e. The first-order valence-corrected chi connectivity index (χ1v) is 11.0. The number of unbranched alkanes of at least 4 members (excludes halogenated alkanes) is 2. The van der Waals surface area contributed by atoms with E-state index in [-0.39, 0.29) is 23.5 Å². The fourth-order valence-electron chi connectivity index (χ4n) is 4.66. The van der Waals surface area contributed by atoms with E-state index in [2.05, 4.69) is 6.92 Å². The van der Waals surface area contributed by atoms with E-state index in [1.54, 1.807) is 6.92 Å². The van der Waals surface area contributed by atoms with Crippen molar-refractivity contribution in [1.29, 1.82) is 0 Å². The van der Waals surface area contributed by atoms with Crippen LogP contribution in [0.3, 0.4) is 0 Å². The third-order valence-corrected chi connectivity index (χ3v) is 6.50. The van der Waals surface area contributed by atoms with E-state index in [4.69, 9.17) is 0 Å². The maximum absolute atomic E-state index is 14.9. The van der Waals surface area contributed by atoms with Crippen molar-refractivity contribution in [3.63, 3.8) is 0 Å². The molecule has 0 spiro atoms. The molecule has 0 amide bonds. The quantitative estimate of drug-likeness (QED) is 0.238. The first-order valence-electron chi connectivity index (χ1n) is 11.0. The van der Waals surface area contributed by atoms with Crippen molar-refractivity contribution in [2.75, 3.05) is 0 Å². The Balaban J connectivity index is 1.85. The van der Waals surface area contributed by atoms with Crippen molar-refractivity contribution in [2.45, 2.75) is 77.6 Å². The molecule has 0 N–H and O–H groups in total. The Hall–Kier alpha value is -1.91. The van der Waals surface area contributed by atoms with Crippen molar-refractivity contribution >= 4 is 0 Å². The topological polar surface area (TPSA) is 0 Å². The van der Waals surface area contributed by atoms with Crippen LogP contribution >= 0.6 is 0 Å². The Morgan fingerprint density at radius 3 is 2.13 bits per heavy atom. The van der Waals surface area contributed by atoms with Crippen LogP contribution in [0.1, 0.15) is 82.3 Å². The van der Waals surface area contributed by atoms with Gasteiger partial charge in [-0.05, 0) is 61.1 Å². The third-order valence-electron chi connectivity index (χ3n) is 6.50. The van der Waals surface area contributed by atoms with Gasteiger partial charge in [-0.1, -0.05) is 51.7 Å². The first-order chi connectivity index (χ1) is 14.4. The molecular formula is C25H29F5. The fraction of sp³-hybridized carbons (Fsp3) is 0.520. The lowest BCUT2D eigenvalue weighted by Crippen LogP contribution is -2.15. The maximum Gasteiger partial charge on any atom is 0.169 e. The van der Waals surface area contributed by atoms with Crippen LogP contribution in [0.15, 0.2) is 18.2 Å². The molecule has 30 heavy (non-hydrogen) atoms. The largest absolute Gasteiger partial charge is 0.206 e. The Morgan fingerprint density at radius 2 is 1.50 bits per heavy atom. The molecule has 0 unspecified atom stereocenters. The molecule has 3 rings (SSSR count). The second-order valence-corrected chi connectivity index (χ2v) is 8.42. The lowest BCUT2D eigenvalue weighted by molar-refractivity contribution is 0.297. The number of rotatable bonds is 7. The Morgan fingerprint density at radius 1 is 0.800 bits per heavy atom. The Bertz CT molecular complexity index is 882. The van der Waals surface area contributed by atoms with Crippen molar-refractivity contribution in [3.8, 4) is 11.1 Å². The minimum Gasteiger partial charge on any atom is -0.206 e. The molecule has 0 nitrogen and oxygen atoms in total. The molecule has 1 aliphatic rings. The summed E-state index contributed by atoms with van der Waals surface area (Å²) in [6, 6.07) is 3.36. The highest BCUT2D eigenvalue weighted by atomic mass is 19.2. The number of hydrogen-bond donors (Lipinski definition) is 0. The van der Waals surface area contributed by atoms with Crippen molar-refractivity contribution < 1.29 is 22.0 Å². The number of hydrogen-bond acceptors (Lipinski definition) is 0. The molecular weight excluding hydrogens is 395 g/mol. The first kappa shape index (κ1) is 22.8. The normalized spacial score (nSPS) is 19.3. The summed E-state index contributed by atoms with van der Waals surface area (Å²) in [7, 11) is 0. The highest BCUT2D eigenvalue weighted by Gasteiger charge is 2.29. The maximum atomic E-state index is 14.9. The lowest BCUT2D eigenvalue weighted by atomic mass is 9.76. The molecule has 0 radical (unpaired) electrons. The number of halogens is 5. The van der Waals surface area contributed by atoms with Crippen LogP contribution in [0.4, 0.5) is 22.0 Å². The summed E-state index contributed by atoms with van der Waals surface area (Å²) >= 11 is 0. The van der Waals surface area contributed by atoms with Gasteiger partial charge in [0, 0.05) is 5.56 Å². The monoisotopic (exact) mass is 424 g/mol. The summed E-state index contributed by atoms with van der Waals surface area (Å²) in [6.45, 7) is 3.80. The van der Waals surface area contributed by atoms with E-state index in [1.807, 2.05) is 0 Å². The molecule has 1 saturated carbocycles. The fourth-order valence-corrected chi connectivity index (χ4v) is 4.66. The van der Waals surface area contributed by atoms with E-state index in [0.29, 0.717) is 18.8 Å². The Labute approximate surface area is 175 Å². The average molecular weight is 424 g/mol. The summed E-state index contributed by atoms with van der Waals surface area (Å²) < 4.78 is 73.1. The molecule has 1 fully saturated rings. The molecule has 0 aromatic heterocycles. The van der Waals surface area contributed by atoms with E-state index in [1.165, 1.54) is 18.9 Å². The number of benzene rings is 2. The zero-order valence-electron chi connectivity index (χ0n) is 17.6. The van der Waals surface area contributed by atoms with Gasteiger partial charge in [-0.25, -0.2) is 22.0 Å². The van der Waals surface area contributed by atoms with Gasteiger partial charge in [-0.15, -0.1) is 0 Å². The second kappa shape index (κ2) is 9.93. The molecule has 0 heterocycles. The minimum absolute atomic E-state index is 0.00631. The minimum atomic E-state index is -1.45. The van der Waals surface area contributed by atoms with Crippen molar-refractivity contribution in [2.24, 2.45) is 5.92 Å². The molecule has 2 aromatic rings. The molecule has 0 saturated heterocycles. The van der Waals surface area contributed by atoms with Crippen molar-refractivity contribution in [3.05, 3.63) is 58.4 Å². The van der Waals surface area contributed by atoms with Gasteiger partial charge < -0.3 is 0 Å². The molecule has 0 bridgehead atoms. The van der Waals surface area contributed by atoms with E-state index in [0.717, 1.165) is 37.8 Å². The lowest BCUT2D eigenvalue weighted by Gasteiger charge is -2.29. The predicted molar refractivity (Wildman–Crippen MR) is 110 cm³/mol. The van der Waals surface area contributed by atoms with Crippen molar-refractivity contribution in [1.82, 2.24) is 0 Å². The van der Waals surface area contributed by atoms with E-state index in [9.17, 15) is 22.0 Å². The van der Waals surface area contributed by atoms with Crippen LogP contribution in [0, 0.1) is 35.0 Å². The number of aryl methyl sites for hydroxylation is 1. The summed E-state index contributed by atoms with van der Waals surface area (Å²) in [4.78, 5) is 0. The van der Waals surface area contributed by atoms with Gasteiger partial charge in [-0.3, -0.25) is 0 Å². The second-order valence-electron chi connectivity index (χ2n) is 8.42. The zero-order chi connectivity index (χ0) is 21.8. The average Bonchev–Trinajstić information content (AvgIpc) is 2.74. The SMILES string of the molecule is CCCCCC1CCC(c2cc(F)c(-c3ccc(CC)c(F)c3F)c(F)c2F)CC1. The van der Waals surface area contributed by atoms with Gasteiger partial charge in [0.1, 0.15) is 5.82 Å². The predicted octanol–water partition coefficient (Wildman–Crippen LogP) is 8.47.